The number of carbonyl (C=O) groups excluding carboxylic acids is 1. The second-order valence-corrected chi connectivity index (χ2v) is 8.61. The van der Waals surface area contributed by atoms with Gasteiger partial charge in [0.2, 0.25) is 0 Å². The molecule has 30 heavy (non-hydrogen) atoms. The van der Waals surface area contributed by atoms with Crippen molar-refractivity contribution in [3.05, 3.63) is 72.4 Å². The van der Waals surface area contributed by atoms with Gasteiger partial charge in [-0.05, 0) is 54.6 Å². The Labute approximate surface area is 175 Å². The van der Waals surface area contributed by atoms with Crippen LogP contribution in [0.3, 0.4) is 0 Å². The van der Waals surface area contributed by atoms with Crippen LogP contribution in [0.5, 0.6) is 5.75 Å². The van der Waals surface area contributed by atoms with Gasteiger partial charge in [0.25, 0.3) is 21.7 Å². The van der Waals surface area contributed by atoms with E-state index in [2.05, 4.69) is 15.0 Å². The zero-order valence-corrected chi connectivity index (χ0v) is 16.8. The van der Waals surface area contributed by atoms with Crippen LogP contribution < -0.4 is 10.0 Å². The van der Waals surface area contributed by atoms with Gasteiger partial charge in [-0.3, -0.25) is 9.52 Å². The summed E-state index contributed by atoms with van der Waals surface area (Å²) in [6.07, 6.45) is 1.38. The van der Waals surface area contributed by atoms with Crippen LogP contribution in [0, 0.1) is 0 Å². The Morgan fingerprint density at radius 3 is 2.47 bits per heavy atom. The number of aromatic nitrogens is 1. The fourth-order valence-electron chi connectivity index (χ4n) is 2.40. The van der Waals surface area contributed by atoms with Gasteiger partial charge in [-0.1, -0.05) is 17.8 Å². The number of hydrogen-bond acceptors (Lipinski definition) is 6. The van der Waals surface area contributed by atoms with E-state index in [0.29, 0.717) is 16.7 Å². The lowest BCUT2D eigenvalue weighted by atomic mass is 10.2. The number of sulfonamides is 1. The molecule has 0 aliphatic carbocycles. The maximum Gasteiger partial charge on any atom is 0.288 e. The van der Waals surface area contributed by atoms with Gasteiger partial charge >= 0.3 is 0 Å². The molecule has 1 aromatic heterocycles. The van der Waals surface area contributed by atoms with Gasteiger partial charge in [-0.2, -0.15) is 8.78 Å². The number of amides is 1. The van der Waals surface area contributed by atoms with Gasteiger partial charge in [0.05, 0.1) is 4.90 Å². The molecule has 3 aromatic rings. The summed E-state index contributed by atoms with van der Waals surface area (Å²) < 4.78 is 52.3. The van der Waals surface area contributed by atoms with Gasteiger partial charge in [0.15, 0.2) is 11.6 Å². The molecule has 1 amide bonds. The van der Waals surface area contributed by atoms with Crippen molar-refractivity contribution >= 4 is 39.2 Å². The Morgan fingerprint density at radius 1 is 1.07 bits per heavy atom. The van der Waals surface area contributed by atoms with Crippen molar-refractivity contribution in [1.29, 1.82) is 0 Å². The predicted molar refractivity (Wildman–Crippen MR) is 109 cm³/mol. The highest BCUT2D eigenvalue weighted by Crippen LogP contribution is 2.27. The molecule has 3 N–H and O–H groups in total. The molecule has 0 atom stereocenters. The second kappa shape index (κ2) is 9.09. The van der Waals surface area contributed by atoms with E-state index in [1.807, 2.05) is 0 Å². The number of alkyl halides is 2. The Kier molecular flexibility index (Phi) is 6.53. The number of nitrogens with one attached hydrogen (secondary N) is 2. The average molecular weight is 451 g/mol. The number of anilines is 2. The number of rotatable bonds is 7. The summed E-state index contributed by atoms with van der Waals surface area (Å²) in [6.45, 7) is 0. The third kappa shape index (κ3) is 5.45. The molecule has 0 radical (unpaired) electrons. The number of thioether (sulfide) groups is 1. The molecule has 11 heteroatoms. The molecular weight excluding hydrogens is 436 g/mol. The van der Waals surface area contributed by atoms with Crippen LogP contribution in [-0.2, 0) is 10.0 Å². The number of nitrogens with zero attached hydrogens (tertiary/aromatic N) is 1. The molecule has 0 unspecified atom stereocenters. The van der Waals surface area contributed by atoms with Gasteiger partial charge in [0.1, 0.15) is 0 Å². The number of benzene rings is 2. The molecule has 0 spiro atoms. The van der Waals surface area contributed by atoms with Crippen LogP contribution in [0.4, 0.5) is 20.3 Å². The van der Waals surface area contributed by atoms with Gasteiger partial charge in [0, 0.05) is 22.3 Å². The Balaban J connectivity index is 1.77. The summed E-state index contributed by atoms with van der Waals surface area (Å²) >= 11 is 0.350. The molecule has 3 rings (SSSR count). The van der Waals surface area contributed by atoms with Crippen molar-refractivity contribution in [1.82, 2.24) is 4.98 Å². The lowest BCUT2D eigenvalue weighted by Crippen LogP contribution is -2.16. The third-order valence-corrected chi connectivity index (χ3v) is 5.86. The maximum absolute atomic E-state index is 12.6. The highest BCUT2D eigenvalue weighted by atomic mass is 32.2. The Morgan fingerprint density at radius 2 is 1.80 bits per heavy atom. The fourth-order valence-corrected chi connectivity index (χ4v) is 4.00. The summed E-state index contributed by atoms with van der Waals surface area (Å²) in [4.78, 5) is 16.3. The van der Waals surface area contributed by atoms with Crippen LogP contribution >= 0.6 is 11.8 Å². The largest absolute Gasteiger partial charge is 0.504 e. The zero-order valence-electron chi connectivity index (χ0n) is 15.1. The number of aromatic hydroxyl groups is 1. The molecule has 2 aromatic carbocycles. The van der Waals surface area contributed by atoms with Gasteiger partial charge in [-0.15, -0.1) is 0 Å². The second-order valence-electron chi connectivity index (χ2n) is 5.86. The first kappa shape index (κ1) is 21.5. The van der Waals surface area contributed by atoms with E-state index >= 15 is 0 Å². The summed E-state index contributed by atoms with van der Waals surface area (Å²) in [5.74, 6) is -3.52. The van der Waals surface area contributed by atoms with Crippen molar-refractivity contribution in [3.63, 3.8) is 0 Å². The maximum atomic E-state index is 12.6. The van der Waals surface area contributed by atoms with E-state index in [0.717, 1.165) is 0 Å². The van der Waals surface area contributed by atoms with Crippen molar-refractivity contribution < 1.29 is 27.1 Å². The smallest absolute Gasteiger partial charge is 0.288 e. The minimum Gasteiger partial charge on any atom is -0.504 e. The first-order chi connectivity index (χ1) is 14.2. The third-order valence-electron chi connectivity index (χ3n) is 3.76. The molecule has 0 saturated heterocycles. The summed E-state index contributed by atoms with van der Waals surface area (Å²) in [5, 5.41) is 12.1. The molecular formula is C19H15F2N3O4S2. The van der Waals surface area contributed by atoms with Crippen LogP contribution in [0.25, 0.3) is 0 Å². The minimum absolute atomic E-state index is 0.0339. The topological polar surface area (TPSA) is 108 Å². The number of halogens is 2. The highest BCUT2D eigenvalue weighted by Gasteiger charge is 2.18. The van der Waals surface area contributed by atoms with Crippen molar-refractivity contribution in [3.8, 4) is 5.75 Å². The number of hydrogen-bond donors (Lipinski definition) is 3. The first-order valence-corrected chi connectivity index (χ1v) is 10.7. The van der Waals surface area contributed by atoms with Crippen LogP contribution in [0.15, 0.2) is 76.7 Å². The Hall–Kier alpha value is -3.18. The minimum atomic E-state index is -4.04. The van der Waals surface area contributed by atoms with Crippen LogP contribution in [0.1, 0.15) is 10.4 Å². The van der Waals surface area contributed by atoms with Crippen LogP contribution in [-0.4, -0.2) is 30.2 Å². The SMILES string of the molecule is O=C(Nc1ncccc1O)c1cccc(S(=O)(=O)Nc2ccc(SC(F)F)cc2)c1. The lowest BCUT2D eigenvalue weighted by Gasteiger charge is -2.10. The van der Waals surface area contributed by atoms with E-state index < -0.39 is 21.7 Å². The predicted octanol–water partition coefficient (Wildman–Crippen LogP) is 4.16. The quantitative estimate of drug-likeness (QED) is 0.466. The lowest BCUT2D eigenvalue weighted by molar-refractivity contribution is 0.102. The van der Waals surface area contributed by atoms with E-state index in [-0.39, 0.29) is 27.7 Å². The highest BCUT2D eigenvalue weighted by molar-refractivity contribution is 7.99. The monoisotopic (exact) mass is 451 g/mol. The molecule has 0 aliphatic heterocycles. The standard InChI is InChI=1S/C19H15F2N3O4S2/c20-19(21)29-14-8-6-13(7-9-14)24-30(27,28)15-4-1-3-12(11-15)18(26)23-17-16(25)5-2-10-22-17/h1-11,19,24-25H,(H,22,23,26). The molecule has 0 fully saturated rings. The number of pyridine rings is 1. The zero-order chi connectivity index (χ0) is 21.7. The molecule has 0 bridgehead atoms. The normalized spacial score (nSPS) is 11.3. The van der Waals surface area contributed by atoms with E-state index in [9.17, 15) is 27.1 Å². The Bertz CT molecular complexity index is 1160. The number of carbonyl (C=O) groups is 1. The molecule has 0 aliphatic rings. The summed E-state index contributed by atoms with van der Waals surface area (Å²) in [6, 6.07) is 13.6. The summed E-state index contributed by atoms with van der Waals surface area (Å²) in [7, 11) is -4.04. The van der Waals surface area contributed by atoms with Crippen molar-refractivity contribution in [2.75, 3.05) is 10.0 Å². The van der Waals surface area contributed by atoms with E-state index in [4.69, 9.17) is 0 Å². The molecule has 1 heterocycles. The van der Waals surface area contributed by atoms with Gasteiger partial charge < -0.3 is 10.4 Å². The van der Waals surface area contributed by atoms with Crippen molar-refractivity contribution in [2.45, 2.75) is 15.5 Å². The first-order valence-electron chi connectivity index (χ1n) is 8.38. The van der Waals surface area contributed by atoms with Gasteiger partial charge in [-0.25, -0.2) is 13.4 Å². The molecule has 0 saturated carbocycles. The fraction of sp³-hybridized carbons (Fsp3) is 0.0526. The van der Waals surface area contributed by atoms with Crippen LogP contribution in [0.2, 0.25) is 0 Å². The van der Waals surface area contributed by atoms with Crippen molar-refractivity contribution in [2.24, 2.45) is 0 Å². The molecule has 7 nitrogen and oxygen atoms in total. The average Bonchev–Trinajstić information content (AvgIpc) is 2.71. The van der Waals surface area contributed by atoms with E-state index in [1.54, 1.807) is 0 Å². The van der Waals surface area contributed by atoms with E-state index in [1.165, 1.54) is 66.9 Å². The molecule has 156 valence electrons. The summed E-state index contributed by atoms with van der Waals surface area (Å²) in [5.41, 5.74) is 0.216.